The predicted octanol–water partition coefficient (Wildman–Crippen LogP) is 2.07. The van der Waals surface area contributed by atoms with E-state index in [2.05, 4.69) is 20.2 Å². The van der Waals surface area contributed by atoms with Crippen molar-refractivity contribution in [3.05, 3.63) is 29.2 Å². The van der Waals surface area contributed by atoms with Gasteiger partial charge in [-0.1, -0.05) is 11.3 Å². The average molecular weight is 647 g/mol. The van der Waals surface area contributed by atoms with Gasteiger partial charge in [-0.15, -0.1) is 0 Å². The van der Waals surface area contributed by atoms with Gasteiger partial charge in [0.2, 0.25) is 0 Å². The van der Waals surface area contributed by atoms with E-state index in [9.17, 15) is 17.2 Å². The van der Waals surface area contributed by atoms with Crippen molar-refractivity contribution in [2.24, 2.45) is 0 Å². The zero-order valence-corrected chi connectivity index (χ0v) is 25.6. The summed E-state index contributed by atoms with van der Waals surface area (Å²) in [4.78, 5) is 17.9. The van der Waals surface area contributed by atoms with Crippen LogP contribution in [-0.4, -0.2) is 109 Å². The fourth-order valence-corrected chi connectivity index (χ4v) is 9.67. The van der Waals surface area contributed by atoms with Crippen LogP contribution in [0.15, 0.2) is 17.0 Å². The maximum Gasteiger partial charge on any atom is 0.319 e. The molecule has 7 heterocycles. The van der Waals surface area contributed by atoms with Crippen LogP contribution in [-0.2, 0) is 14.8 Å². The molecular formula is C28H32F2N8O4S2. The fraction of sp³-hybridized carbons (Fsp3) is 0.536. The molecule has 234 valence electrons. The van der Waals surface area contributed by atoms with Gasteiger partial charge in [0.15, 0.2) is 15.8 Å². The first-order valence-electron chi connectivity index (χ1n) is 14.7. The van der Waals surface area contributed by atoms with Gasteiger partial charge in [-0.25, -0.2) is 22.2 Å². The van der Waals surface area contributed by atoms with E-state index in [1.165, 1.54) is 19.2 Å². The molecule has 16 heteroatoms. The number of nitrogens with two attached hydrogens (primary N) is 1. The zero-order chi connectivity index (χ0) is 30.4. The molecule has 0 radical (unpaired) electrons. The lowest BCUT2D eigenvalue weighted by Crippen LogP contribution is -2.64. The van der Waals surface area contributed by atoms with Crippen molar-refractivity contribution in [2.75, 3.05) is 63.7 Å². The van der Waals surface area contributed by atoms with Crippen LogP contribution in [0.1, 0.15) is 30.5 Å². The van der Waals surface area contributed by atoms with Gasteiger partial charge < -0.3 is 25.4 Å². The van der Waals surface area contributed by atoms with Gasteiger partial charge >= 0.3 is 6.01 Å². The number of piperazine rings is 1. The van der Waals surface area contributed by atoms with Crippen LogP contribution in [0, 0.1) is 5.82 Å². The van der Waals surface area contributed by atoms with Gasteiger partial charge in [-0.3, -0.25) is 9.21 Å². The first kappa shape index (κ1) is 28.3. The number of morpholine rings is 1. The monoisotopic (exact) mass is 646 g/mol. The average Bonchev–Trinajstić information content (AvgIpc) is 3.65. The second kappa shape index (κ2) is 10.2. The lowest BCUT2D eigenvalue weighted by molar-refractivity contribution is 0.0516. The summed E-state index contributed by atoms with van der Waals surface area (Å²) in [5.74, 6) is -0.236. The number of anilines is 2. The Kier molecular flexibility index (Phi) is 6.54. The van der Waals surface area contributed by atoms with Gasteiger partial charge in [-0.05, 0) is 37.6 Å². The molecule has 2 aromatic heterocycles. The highest BCUT2D eigenvalue weighted by molar-refractivity contribution is 7.89. The third kappa shape index (κ3) is 4.29. The number of hydrogen-bond acceptors (Lipinski definition) is 12. The number of nitrogen functional groups attached to an aromatic ring is 1. The number of thiazole rings is 1. The quantitative estimate of drug-likeness (QED) is 0.421. The summed E-state index contributed by atoms with van der Waals surface area (Å²) in [6.45, 7) is 3.40. The Bertz CT molecular complexity index is 1780. The van der Waals surface area contributed by atoms with Crippen molar-refractivity contribution >= 4 is 54.3 Å². The smallest absolute Gasteiger partial charge is 0.319 e. The van der Waals surface area contributed by atoms with E-state index in [4.69, 9.17) is 20.2 Å². The molecule has 3 aromatic rings. The molecule has 0 amide bonds. The second-order valence-electron chi connectivity index (χ2n) is 12.1. The number of ether oxygens (including phenoxy) is 2. The third-order valence-electron chi connectivity index (χ3n) is 9.52. The molecule has 0 spiro atoms. The van der Waals surface area contributed by atoms with Crippen LogP contribution in [0.3, 0.4) is 0 Å². The van der Waals surface area contributed by atoms with E-state index < -0.39 is 27.6 Å². The molecule has 2 bridgehead atoms. The molecule has 2 unspecified atom stereocenters. The number of alkyl halides is 1. The molecule has 4 fully saturated rings. The highest BCUT2D eigenvalue weighted by Crippen LogP contribution is 2.44. The number of nitrogens with one attached hydrogen (secondary N) is 1. The summed E-state index contributed by atoms with van der Waals surface area (Å²) >= 11 is 0.998. The Hall–Kier alpha value is -3.18. The van der Waals surface area contributed by atoms with Crippen molar-refractivity contribution < 1.29 is 26.7 Å². The number of nitrogens with zero attached hydrogens (tertiary/aromatic N) is 6. The van der Waals surface area contributed by atoms with Crippen molar-refractivity contribution in [3.63, 3.8) is 0 Å². The van der Waals surface area contributed by atoms with Gasteiger partial charge in [0, 0.05) is 38.7 Å². The summed E-state index contributed by atoms with van der Waals surface area (Å²) in [5.41, 5.74) is 6.59. The largest absolute Gasteiger partial charge is 0.461 e. The summed E-state index contributed by atoms with van der Waals surface area (Å²) < 4.78 is 71.4. The van der Waals surface area contributed by atoms with Gasteiger partial charge in [0.1, 0.15) is 18.6 Å². The van der Waals surface area contributed by atoms with E-state index in [1.807, 2.05) is 4.90 Å². The van der Waals surface area contributed by atoms with Crippen LogP contribution in [0.25, 0.3) is 22.0 Å². The van der Waals surface area contributed by atoms with Gasteiger partial charge in [0.05, 0.1) is 52.4 Å². The Balaban J connectivity index is 1.28. The first-order valence-corrected chi connectivity index (χ1v) is 17.0. The Morgan fingerprint density at radius 3 is 2.82 bits per heavy atom. The van der Waals surface area contributed by atoms with Crippen LogP contribution < -0.4 is 20.7 Å². The number of benzene rings is 1. The zero-order valence-electron chi connectivity index (χ0n) is 24.0. The van der Waals surface area contributed by atoms with E-state index in [1.54, 1.807) is 6.08 Å². The lowest BCUT2D eigenvalue weighted by Gasteiger charge is -2.47. The lowest BCUT2D eigenvalue weighted by atomic mass is 9.95. The van der Waals surface area contributed by atoms with E-state index in [0.29, 0.717) is 44.8 Å². The number of fused-ring (bicyclic) bond motifs is 5. The molecule has 3 N–H and O–H groups in total. The number of rotatable bonds is 5. The SMILES string of the molecule is CN1C(c2ccc(F)c3sc(N)nc23)=Cc2nc(OC[C@@]34CCCN3C[C@H](F)C4)nc(N3C4CNCC3COC4)c2S1(=O)=O. The normalized spacial score (nSPS) is 29.5. The van der Waals surface area contributed by atoms with E-state index in [-0.39, 0.29) is 62.2 Å². The molecule has 1 aromatic carbocycles. The molecule has 12 nitrogen and oxygen atoms in total. The van der Waals surface area contributed by atoms with Crippen molar-refractivity contribution in [3.8, 4) is 6.01 Å². The summed E-state index contributed by atoms with van der Waals surface area (Å²) in [6.07, 6.45) is 2.88. The minimum Gasteiger partial charge on any atom is -0.461 e. The highest BCUT2D eigenvalue weighted by atomic mass is 32.2. The van der Waals surface area contributed by atoms with E-state index >= 15 is 0 Å². The molecule has 4 saturated heterocycles. The van der Waals surface area contributed by atoms with Crippen molar-refractivity contribution in [2.45, 2.75) is 48.0 Å². The molecule has 0 aliphatic carbocycles. The van der Waals surface area contributed by atoms with Crippen LogP contribution >= 0.6 is 11.3 Å². The van der Waals surface area contributed by atoms with Crippen molar-refractivity contribution in [1.29, 1.82) is 0 Å². The summed E-state index contributed by atoms with van der Waals surface area (Å²) in [6, 6.07) is 2.50. The van der Waals surface area contributed by atoms with Gasteiger partial charge in [0.25, 0.3) is 10.0 Å². The molecular weight excluding hydrogens is 614 g/mol. The van der Waals surface area contributed by atoms with Crippen LogP contribution in [0.2, 0.25) is 0 Å². The maximum atomic E-state index is 14.7. The highest BCUT2D eigenvalue weighted by Gasteiger charge is 2.50. The molecule has 8 rings (SSSR count). The number of halogens is 2. The van der Waals surface area contributed by atoms with Crippen LogP contribution in [0.5, 0.6) is 6.01 Å². The maximum absolute atomic E-state index is 14.7. The first-order chi connectivity index (χ1) is 21.1. The molecule has 0 saturated carbocycles. The summed E-state index contributed by atoms with van der Waals surface area (Å²) in [7, 11) is -2.75. The number of sulfonamides is 1. The fourth-order valence-electron chi connectivity index (χ4n) is 7.48. The topological polar surface area (TPSA) is 139 Å². The number of aromatic nitrogens is 3. The molecule has 5 aliphatic rings. The standard InChI is InChI=1S/C28H32F2N8O4S2/c1-36-21(18-3-4-19(30)23-22(18)34-26(31)43-23)7-20-24(44(36,39)40)25(38-16-9-32-10-17(38)13-41-12-16)35-27(33-20)42-14-28-5-2-6-37(28)11-15(29)8-28/h3-4,7,15-17,32H,2,5-6,8-14H2,1H3,(H2,31,34)/t15-,16?,17?,28+/m1/s1. The molecule has 44 heavy (non-hydrogen) atoms. The predicted molar refractivity (Wildman–Crippen MR) is 161 cm³/mol. The summed E-state index contributed by atoms with van der Waals surface area (Å²) in [5, 5.41) is 3.57. The third-order valence-corrected chi connectivity index (χ3v) is 12.2. The van der Waals surface area contributed by atoms with E-state index in [0.717, 1.165) is 35.0 Å². The Labute approximate surface area is 256 Å². The van der Waals surface area contributed by atoms with Crippen LogP contribution in [0.4, 0.5) is 19.7 Å². The van der Waals surface area contributed by atoms with Gasteiger partial charge in [-0.2, -0.15) is 9.97 Å². The Morgan fingerprint density at radius 1 is 1.23 bits per heavy atom. The second-order valence-corrected chi connectivity index (χ2v) is 15.1. The minimum atomic E-state index is -4.20. The Morgan fingerprint density at radius 2 is 2.02 bits per heavy atom. The van der Waals surface area contributed by atoms with Crippen molar-refractivity contribution in [1.82, 2.24) is 29.5 Å². The molecule has 4 atom stereocenters. The minimum absolute atomic E-state index is 0.0253. The number of hydrogen-bond donors (Lipinski definition) is 2. The molecule has 5 aliphatic heterocycles.